The quantitative estimate of drug-likeness (QED) is 0.920. The van der Waals surface area contributed by atoms with Crippen molar-refractivity contribution in [3.05, 3.63) is 53.1 Å². The predicted octanol–water partition coefficient (Wildman–Crippen LogP) is 3.67. The molecule has 0 aliphatic carbocycles. The summed E-state index contributed by atoms with van der Waals surface area (Å²) in [5, 5.41) is 9.00. The lowest BCUT2D eigenvalue weighted by atomic mass is 9.91. The molecule has 2 aromatic rings. The van der Waals surface area contributed by atoms with Crippen molar-refractivity contribution in [2.75, 3.05) is 20.5 Å². The van der Waals surface area contributed by atoms with Crippen LogP contribution in [0, 0.1) is 0 Å². The summed E-state index contributed by atoms with van der Waals surface area (Å²) in [5.41, 5.74) is 3.12. The molecule has 1 N–H and O–H groups in total. The molecular weight excluding hydrogens is 320 g/mol. The Morgan fingerprint density at radius 1 is 1.20 bits per heavy atom. The van der Waals surface area contributed by atoms with Gasteiger partial charge in [0.2, 0.25) is 6.79 Å². The number of benzene rings is 2. The Bertz CT molecular complexity index is 827. The van der Waals surface area contributed by atoms with Crippen molar-refractivity contribution in [2.24, 2.45) is 0 Å². The van der Waals surface area contributed by atoms with Crippen molar-refractivity contribution < 1.29 is 24.1 Å². The van der Waals surface area contributed by atoms with E-state index in [2.05, 4.69) is 13.0 Å². The first-order chi connectivity index (χ1) is 12.2. The first kappa shape index (κ1) is 15.8. The smallest absolute Gasteiger partial charge is 0.231 e. The Morgan fingerprint density at radius 3 is 2.84 bits per heavy atom. The average molecular weight is 340 g/mol. The van der Waals surface area contributed by atoms with E-state index in [1.807, 2.05) is 30.3 Å². The lowest BCUT2D eigenvalue weighted by molar-refractivity contribution is 0.173. The van der Waals surface area contributed by atoms with Crippen molar-refractivity contribution in [1.29, 1.82) is 0 Å². The molecule has 0 aromatic heterocycles. The van der Waals surface area contributed by atoms with Crippen molar-refractivity contribution in [2.45, 2.75) is 18.9 Å². The highest BCUT2D eigenvalue weighted by Gasteiger charge is 2.35. The Hall–Kier alpha value is -2.66. The van der Waals surface area contributed by atoms with E-state index >= 15 is 0 Å². The Labute approximate surface area is 146 Å². The number of aliphatic hydroxyl groups excluding tert-OH is 1. The number of hydrogen-bond donors (Lipinski definition) is 1. The third kappa shape index (κ3) is 2.70. The summed E-state index contributed by atoms with van der Waals surface area (Å²) in [6.45, 7) is 2.40. The van der Waals surface area contributed by atoms with Gasteiger partial charge in [-0.25, -0.2) is 0 Å². The van der Waals surface area contributed by atoms with Crippen LogP contribution in [0.25, 0.3) is 6.08 Å². The van der Waals surface area contributed by atoms with Gasteiger partial charge in [0.1, 0.15) is 6.10 Å². The monoisotopic (exact) mass is 340 g/mol. The molecule has 5 nitrogen and oxygen atoms in total. The molecule has 0 spiro atoms. The summed E-state index contributed by atoms with van der Waals surface area (Å²) >= 11 is 0. The molecule has 0 bridgehead atoms. The third-order valence-corrected chi connectivity index (χ3v) is 4.66. The number of rotatable bonds is 4. The van der Waals surface area contributed by atoms with Crippen LogP contribution in [-0.2, 0) is 0 Å². The van der Waals surface area contributed by atoms with Gasteiger partial charge in [-0.05, 0) is 35.4 Å². The largest absolute Gasteiger partial charge is 0.493 e. The van der Waals surface area contributed by atoms with E-state index in [0.29, 0.717) is 5.75 Å². The number of aliphatic hydroxyl groups is 1. The molecule has 2 heterocycles. The lowest BCUT2D eigenvalue weighted by Gasteiger charge is -2.16. The van der Waals surface area contributed by atoms with E-state index < -0.39 is 0 Å². The van der Waals surface area contributed by atoms with E-state index in [1.54, 1.807) is 13.2 Å². The minimum atomic E-state index is -0.115. The molecule has 0 unspecified atom stereocenters. The number of ether oxygens (including phenoxy) is 4. The molecule has 0 fully saturated rings. The predicted molar refractivity (Wildman–Crippen MR) is 93.5 cm³/mol. The molecule has 0 saturated carbocycles. The van der Waals surface area contributed by atoms with Crippen LogP contribution in [0.4, 0.5) is 0 Å². The second kappa shape index (κ2) is 6.33. The molecule has 0 radical (unpaired) electrons. The maximum atomic E-state index is 9.00. The van der Waals surface area contributed by atoms with Gasteiger partial charge in [0.05, 0.1) is 13.7 Å². The highest BCUT2D eigenvalue weighted by Crippen LogP contribution is 2.51. The van der Waals surface area contributed by atoms with Crippen LogP contribution in [0.15, 0.2) is 36.4 Å². The first-order valence-corrected chi connectivity index (χ1v) is 8.27. The molecule has 25 heavy (non-hydrogen) atoms. The molecule has 2 atom stereocenters. The van der Waals surface area contributed by atoms with Crippen LogP contribution in [0.2, 0.25) is 0 Å². The summed E-state index contributed by atoms with van der Waals surface area (Å²) in [4.78, 5) is 0. The zero-order valence-corrected chi connectivity index (χ0v) is 14.2. The van der Waals surface area contributed by atoms with Crippen LogP contribution in [0.1, 0.15) is 35.6 Å². The van der Waals surface area contributed by atoms with Gasteiger partial charge < -0.3 is 24.1 Å². The summed E-state index contributed by atoms with van der Waals surface area (Å²) in [5.74, 6) is 3.15. The van der Waals surface area contributed by atoms with E-state index in [1.165, 1.54) is 0 Å². The molecule has 5 heteroatoms. The van der Waals surface area contributed by atoms with Gasteiger partial charge in [-0.3, -0.25) is 0 Å². The summed E-state index contributed by atoms with van der Waals surface area (Å²) in [7, 11) is 1.64. The molecule has 4 rings (SSSR count). The molecule has 0 saturated heterocycles. The highest BCUT2D eigenvalue weighted by molar-refractivity contribution is 5.62. The highest BCUT2D eigenvalue weighted by atomic mass is 16.7. The van der Waals surface area contributed by atoms with E-state index in [4.69, 9.17) is 24.1 Å². The number of fused-ring (bicyclic) bond motifs is 2. The first-order valence-electron chi connectivity index (χ1n) is 8.27. The number of hydrogen-bond acceptors (Lipinski definition) is 5. The van der Waals surface area contributed by atoms with E-state index in [0.717, 1.165) is 33.9 Å². The molecular formula is C20H20O5. The third-order valence-electron chi connectivity index (χ3n) is 4.66. The minimum absolute atomic E-state index is 0.00523. The number of methoxy groups -OCH3 is 1. The summed E-state index contributed by atoms with van der Waals surface area (Å²) in [6, 6.07) is 9.92. The summed E-state index contributed by atoms with van der Waals surface area (Å²) in [6.07, 6.45) is 3.47. The lowest BCUT2D eigenvalue weighted by Crippen LogP contribution is -2.07. The molecule has 2 aliphatic rings. The van der Waals surface area contributed by atoms with E-state index in [9.17, 15) is 0 Å². The van der Waals surface area contributed by atoms with Gasteiger partial charge in [0.15, 0.2) is 23.0 Å². The standard InChI is InChI=1S/C20H20O5/c1-12-15-8-13(4-3-7-21)9-18(22-2)20(15)25-19(12)14-5-6-16-17(10-14)24-11-23-16/h3-6,8-10,12,19,21H,7,11H2,1-2H3/t12-,19-/m0/s1. The van der Waals surface area contributed by atoms with Crippen LogP contribution >= 0.6 is 0 Å². The normalized spacial score (nSPS) is 20.6. The Kier molecular flexibility index (Phi) is 4.01. The van der Waals surface area contributed by atoms with Gasteiger partial charge in [0.25, 0.3) is 0 Å². The van der Waals surface area contributed by atoms with Gasteiger partial charge in [0, 0.05) is 11.5 Å². The minimum Gasteiger partial charge on any atom is -0.493 e. The second-order valence-corrected chi connectivity index (χ2v) is 6.17. The topological polar surface area (TPSA) is 57.2 Å². The summed E-state index contributed by atoms with van der Waals surface area (Å²) < 4.78 is 22.6. The van der Waals surface area contributed by atoms with Crippen LogP contribution in [-0.4, -0.2) is 25.6 Å². The maximum absolute atomic E-state index is 9.00. The van der Waals surface area contributed by atoms with Gasteiger partial charge >= 0.3 is 0 Å². The van der Waals surface area contributed by atoms with Gasteiger partial charge in [-0.1, -0.05) is 25.1 Å². The fourth-order valence-corrected chi connectivity index (χ4v) is 3.39. The Morgan fingerprint density at radius 2 is 2.04 bits per heavy atom. The second-order valence-electron chi connectivity index (χ2n) is 6.17. The molecule has 2 aromatic carbocycles. The SMILES string of the molecule is COc1cc(C=CCO)cc2c1O[C@H](c1ccc3c(c1)OCO3)[C@H]2C. The van der Waals surface area contributed by atoms with Crippen molar-refractivity contribution in [3.63, 3.8) is 0 Å². The van der Waals surface area contributed by atoms with Crippen molar-refractivity contribution in [1.82, 2.24) is 0 Å². The van der Waals surface area contributed by atoms with Gasteiger partial charge in [-0.2, -0.15) is 0 Å². The molecule has 0 amide bonds. The molecule has 130 valence electrons. The fourth-order valence-electron chi connectivity index (χ4n) is 3.39. The zero-order valence-electron chi connectivity index (χ0n) is 14.2. The van der Waals surface area contributed by atoms with Crippen LogP contribution in [0.3, 0.4) is 0 Å². The maximum Gasteiger partial charge on any atom is 0.231 e. The van der Waals surface area contributed by atoms with Crippen molar-refractivity contribution in [3.8, 4) is 23.0 Å². The fraction of sp³-hybridized carbons (Fsp3) is 0.300. The van der Waals surface area contributed by atoms with Crippen LogP contribution < -0.4 is 18.9 Å². The Balaban J connectivity index is 1.70. The van der Waals surface area contributed by atoms with Crippen LogP contribution in [0.5, 0.6) is 23.0 Å². The van der Waals surface area contributed by atoms with Gasteiger partial charge in [-0.15, -0.1) is 0 Å². The zero-order chi connectivity index (χ0) is 17.4. The average Bonchev–Trinajstić information content (AvgIpc) is 3.23. The van der Waals surface area contributed by atoms with E-state index in [-0.39, 0.29) is 25.4 Å². The molecule has 2 aliphatic heterocycles. The van der Waals surface area contributed by atoms with Crippen molar-refractivity contribution >= 4 is 6.08 Å².